The molecule has 33 heavy (non-hydrogen) atoms. The first kappa shape index (κ1) is 21.8. The minimum atomic E-state index is -0.373. The van der Waals surface area contributed by atoms with Gasteiger partial charge in [0.05, 0.1) is 24.2 Å². The molecule has 0 bridgehead atoms. The fourth-order valence-corrected chi connectivity index (χ4v) is 4.83. The molecule has 0 unspecified atom stereocenters. The number of amides is 1. The summed E-state index contributed by atoms with van der Waals surface area (Å²) < 4.78 is 19.9. The van der Waals surface area contributed by atoms with Crippen molar-refractivity contribution in [1.29, 1.82) is 0 Å². The fourth-order valence-electron chi connectivity index (χ4n) is 4.13. The average Bonchev–Trinajstić information content (AvgIpc) is 3.32. The maximum absolute atomic E-state index is 13.8. The maximum Gasteiger partial charge on any atom is 0.229 e. The molecule has 2 aliphatic heterocycles. The van der Waals surface area contributed by atoms with E-state index in [1.54, 1.807) is 23.5 Å². The number of thiophene rings is 1. The number of hydrogen-bond acceptors (Lipinski definition) is 7. The molecule has 1 aromatic carbocycles. The first-order valence-corrected chi connectivity index (χ1v) is 12.0. The number of likely N-dealkylation sites (N-methyl/N-ethyl adjacent to an activating group) is 1. The van der Waals surface area contributed by atoms with Gasteiger partial charge >= 0.3 is 0 Å². The molecule has 0 spiro atoms. The van der Waals surface area contributed by atoms with Crippen LogP contribution >= 0.6 is 11.3 Å². The Labute approximate surface area is 196 Å². The number of fused-ring (bicyclic) bond motifs is 1. The Morgan fingerprint density at radius 1 is 1.12 bits per heavy atom. The highest BCUT2D eigenvalue weighted by Gasteiger charge is 2.28. The summed E-state index contributed by atoms with van der Waals surface area (Å²) in [6.45, 7) is 4.53. The van der Waals surface area contributed by atoms with Gasteiger partial charge in [0.1, 0.15) is 11.6 Å². The van der Waals surface area contributed by atoms with Crippen molar-refractivity contribution in [2.24, 2.45) is 0 Å². The van der Waals surface area contributed by atoms with Gasteiger partial charge in [-0.25, -0.2) is 9.37 Å². The summed E-state index contributed by atoms with van der Waals surface area (Å²) in [5.41, 5.74) is 1.69. The molecule has 172 valence electrons. The summed E-state index contributed by atoms with van der Waals surface area (Å²) >= 11 is 1.58. The number of benzene rings is 1. The Morgan fingerprint density at radius 2 is 1.97 bits per heavy atom. The summed E-state index contributed by atoms with van der Waals surface area (Å²) in [5.74, 6) is 1.10. The standard InChI is InChI=1S/C24H26FN5O2S/c1-28-9-11-29(12-10-28)24-26-21-7-8-30(22(31)15-19-6-3-13-33-19)16-20(21)23(27-24)32-18-5-2-4-17(25)14-18/h2-6,13-14H,7-12,15-16H2,1H3. The molecule has 2 aliphatic rings. The van der Waals surface area contributed by atoms with E-state index in [9.17, 15) is 9.18 Å². The Hall–Kier alpha value is -3.04. The molecule has 0 N–H and O–H groups in total. The van der Waals surface area contributed by atoms with Gasteiger partial charge in [0.25, 0.3) is 0 Å². The number of carbonyl (C=O) groups excluding carboxylic acids is 1. The van der Waals surface area contributed by atoms with Crippen LogP contribution in [0.15, 0.2) is 41.8 Å². The zero-order chi connectivity index (χ0) is 22.8. The molecule has 2 aromatic heterocycles. The fraction of sp³-hybridized carbons (Fsp3) is 0.375. The van der Waals surface area contributed by atoms with Gasteiger partial charge in [0, 0.05) is 50.1 Å². The van der Waals surface area contributed by atoms with Crippen LogP contribution in [0.2, 0.25) is 0 Å². The van der Waals surface area contributed by atoms with Crippen molar-refractivity contribution < 1.29 is 13.9 Å². The van der Waals surface area contributed by atoms with E-state index in [1.807, 2.05) is 22.4 Å². The molecule has 1 fully saturated rings. The Balaban J connectivity index is 1.44. The number of carbonyl (C=O) groups is 1. The third-order valence-electron chi connectivity index (χ3n) is 6.07. The lowest BCUT2D eigenvalue weighted by atomic mass is 10.1. The summed E-state index contributed by atoms with van der Waals surface area (Å²) in [6, 6.07) is 9.96. The third-order valence-corrected chi connectivity index (χ3v) is 6.94. The number of nitrogens with zero attached hydrogens (tertiary/aromatic N) is 5. The normalized spacial score (nSPS) is 16.5. The second-order valence-corrected chi connectivity index (χ2v) is 9.46. The van der Waals surface area contributed by atoms with Crippen LogP contribution in [0.25, 0.3) is 0 Å². The van der Waals surface area contributed by atoms with Gasteiger partial charge in [-0.15, -0.1) is 11.3 Å². The van der Waals surface area contributed by atoms with Crippen molar-refractivity contribution in [1.82, 2.24) is 19.8 Å². The first-order valence-electron chi connectivity index (χ1n) is 11.1. The molecular formula is C24H26FN5O2S. The van der Waals surface area contributed by atoms with Crippen LogP contribution in [0.5, 0.6) is 11.6 Å². The second kappa shape index (κ2) is 9.44. The molecule has 0 atom stereocenters. The number of hydrogen-bond donors (Lipinski definition) is 0. The summed E-state index contributed by atoms with van der Waals surface area (Å²) in [5, 5.41) is 1.98. The molecule has 9 heteroatoms. The maximum atomic E-state index is 13.8. The summed E-state index contributed by atoms with van der Waals surface area (Å²) in [4.78, 5) is 29.8. The quantitative estimate of drug-likeness (QED) is 0.574. The zero-order valence-corrected chi connectivity index (χ0v) is 19.4. The first-order chi connectivity index (χ1) is 16.0. The monoisotopic (exact) mass is 467 g/mol. The van der Waals surface area contributed by atoms with Gasteiger partial charge in [-0.2, -0.15) is 4.98 Å². The largest absolute Gasteiger partial charge is 0.438 e. The van der Waals surface area contributed by atoms with Crippen LogP contribution < -0.4 is 9.64 Å². The van der Waals surface area contributed by atoms with Crippen LogP contribution in [0.1, 0.15) is 16.1 Å². The zero-order valence-electron chi connectivity index (χ0n) is 18.5. The molecular weight excluding hydrogens is 441 g/mol. The number of halogens is 1. The minimum absolute atomic E-state index is 0.0722. The molecule has 7 nitrogen and oxygen atoms in total. The average molecular weight is 468 g/mol. The van der Waals surface area contributed by atoms with E-state index in [2.05, 4.69) is 16.8 Å². The summed E-state index contributed by atoms with van der Waals surface area (Å²) in [6.07, 6.45) is 1.02. The van der Waals surface area contributed by atoms with E-state index in [0.29, 0.717) is 43.5 Å². The summed E-state index contributed by atoms with van der Waals surface area (Å²) in [7, 11) is 2.10. The van der Waals surface area contributed by atoms with Gasteiger partial charge in [-0.1, -0.05) is 12.1 Å². The second-order valence-electron chi connectivity index (χ2n) is 8.43. The molecule has 0 radical (unpaired) electrons. The highest BCUT2D eigenvalue weighted by Crippen LogP contribution is 2.32. The molecule has 1 amide bonds. The smallest absolute Gasteiger partial charge is 0.229 e. The van der Waals surface area contributed by atoms with E-state index >= 15 is 0 Å². The highest BCUT2D eigenvalue weighted by molar-refractivity contribution is 7.10. The van der Waals surface area contributed by atoms with Crippen molar-refractivity contribution in [3.63, 3.8) is 0 Å². The number of piperazine rings is 1. The lowest BCUT2D eigenvalue weighted by Gasteiger charge is -2.34. The van der Waals surface area contributed by atoms with Gasteiger partial charge in [0.2, 0.25) is 17.7 Å². The number of ether oxygens (including phenoxy) is 1. The van der Waals surface area contributed by atoms with Crippen molar-refractivity contribution in [2.75, 3.05) is 44.7 Å². The topological polar surface area (TPSA) is 61.8 Å². The van der Waals surface area contributed by atoms with Crippen LogP contribution in [0.4, 0.5) is 10.3 Å². The molecule has 3 aromatic rings. The van der Waals surface area contributed by atoms with E-state index in [-0.39, 0.29) is 11.7 Å². The van der Waals surface area contributed by atoms with Crippen molar-refractivity contribution in [3.8, 4) is 11.6 Å². The lowest BCUT2D eigenvalue weighted by molar-refractivity contribution is -0.131. The SMILES string of the molecule is CN1CCN(c2nc3c(c(Oc4cccc(F)c4)n2)CN(C(=O)Cc2cccs2)CC3)CC1. The van der Waals surface area contributed by atoms with Crippen LogP contribution in [0.3, 0.4) is 0 Å². The van der Waals surface area contributed by atoms with E-state index < -0.39 is 0 Å². The minimum Gasteiger partial charge on any atom is -0.438 e. The van der Waals surface area contributed by atoms with Gasteiger partial charge in [0.15, 0.2) is 0 Å². The van der Waals surface area contributed by atoms with Crippen LogP contribution in [-0.2, 0) is 24.2 Å². The molecule has 4 heterocycles. The molecule has 0 saturated carbocycles. The lowest BCUT2D eigenvalue weighted by Crippen LogP contribution is -2.45. The van der Waals surface area contributed by atoms with Gasteiger partial charge in [-0.05, 0) is 30.6 Å². The molecule has 5 rings (SSSR count). The van der Waals surface area contributed by atoms with Crippen LogP contribution in [-0.4, -0.2) is 65.4 Å². The predicted octanol–water partition coefficient (Wildman–Crippen LogP) is 3.35. The molecule has 1 saturated heterocycles. The van der Waals surface area contributed by atoms with Gasteiger partial charge in [-0.3, -0.25) is 4.79 Å². The van der Waals surface area contributed by atoms with Crippen molar-refractivity contribution >= 4 is 23.2 Å². The van der Waals surface area contributed by atoms with Crippen molar-refractivity contribution in [2.45, 2.75) is 19.4 Å². The van der Waals surface area contributed by atoms with Gasteiger partial charge < -0.3 is 19.4 Å². The Morgan fingerprint density at radius 3 is 2.73 bits per heavy atom. The highest BCUT2D eigenvalue weighted by atomic mass is 32.1. The number of rotatable bonds is 5. The Bertz CT molecular complexity index is 1130. The molecule has 0 aliphatic carbocycles. The van der Waals surface area contributed by atoms with E-state index in [0.717, 1.165) is 42.3 Å². The number of anilines is 1. The van der Waals surface area contributed by atoms with Crippen molar-refractivity contribution in [3.05, 3.63) is 63.7 Å². The predicted molar refractivity (Wildman–Crippen MR) is 125 cm³/mol. The van der Waals surface area contributed by atoms with E-state index in [1.165, 1.54) is 12.1 Å². The number of aromatic nitrogens is 2. The third kappa shape index (κ3) is 4.99. The van der Waals surface area contributed by atoms with Crippen LogP contribution in [0, 0.1) is 5.82 Å². The Kier molecular flexibility index (Phi) is 6.24. The van der Waals surface area contributed by atoms with E-state index in [4.69, 9.17) is 14.7 Å².